The van der Waals surface area contributed by atoms with E-state index >= 15 is 0 Å². The summed E-state index contributed by atoms with van der Waals surface area (Å²) in [6.45, 7) is 5.66. The Morgan fingerprint density at radius 1 is 1.44 bits per heavy atom. The summed E-state index contributed by atoms with van der Waals surface area (Å²) in [6, 6.07) is 3.65. The van der Waals surface area contributed by atoms with Gasteiger partial charge in [0.25, 0.3) is 0 Å². The maximum Gasteiger partial charge on any atom is 0.245 e. The molecule has 0 fully saturated rings. The number of rotatable bonds is 4. The van der Waals surface area contributed by atoms with Crippen LogP contribution < -0.4 is 10.6 Å². The molecule has 0 aliphatic carbocycles. The molecule has 0 atom stereocenters. The molecule has 2 N–H and O–H groups in total. The largest absolute Gasteiger partial charge is 0.342 e. The van der Waals surface area contributed by atoms with Gasteiger partial charge in [0, 0.05) is 19.8 Å². The third-order valence-corrected chi connectivity index (χ3v) is 3.07. The topological polar surface area (TPSA) is 59.5 Å². The van der Waals surface area contributed by atoms with Crippen LogP contribution >= 0.6 is 11.6 Å². The van der Waals surface area contributed by atoms with Gasteiger partial charge in [0.2, 0.25) is 5.95 Å². The van der Waals surface area contributed by atoms with E-state index in [1.54, 1.807) is 16.8 Å². The third-order valence-electron chi connectivity index (χ3n) is 2.84. The van der Waals surface area contributed by atoms with Crippen molar-refractivity contribution in [2.24, 2.45) is 11.1 Å². The fraction of sp³-hybridized carbons (Fsp3) is 0.500. The molecule has 0 saturated carbocycles. The molecule has 2 rings (SSSR count). The first-order valence-electron chi connectivity index (χ1n) is 5.84. The van der Waals surface area contributed by atoms with Crippen molar-refractivity contribution in [1.82, 2.24) is 14.6 Å². The van der Waals surface area contributed by atoms with Gasteiger partial charge in [0.15, 0.2) is 5.65 Å². The van der Waals surface area contributed by atoms with Gasteiger partial charge in [0.05, 0.1) is 5.02 Å². The lowest BCUT2D eigenvalue weighted by Crippen LogP contribution is -2.37. The zero-order valence-corrected chi connectivity index (χ0v) is 11.6. The summed E-state index contributed by atoms with van der Waals surface area (Å²) in [5.74, 6) is 0.679. The fourth-order valence-electron chi connectivity index (χ4n) is 1.79. The Bertz CT molecular complexity index is 548. The molecule has 0 aliphatic rings. The highest BCUT2D eigenvalue weighted by molar-refractivity contribution is 6.30. The van der Waals surface area contributed by atoms with E-state index in [1.165, 1.54) is 0 Å². The minimum absolute atomic E-state index is 0.0316. The number of aromatic nitrogens is 3. The van der Waals surface area contributed by atoms with Crippen LogP contribution in [-0.2, 0) is 0 Å². The van der Waals surface area contributed by atoms with Gasteiger partial charge in [-0.3, -0.25) is 0 Å². The summed E-state index contributed by atoms with van der Waals surface area (Å²) in [5, 5.41) is 5.04. The lowest BCUT2D eigenvalue weighted by Gasteiger charge is -2.28. The summed E-state index contributed by atoms with van der Waals surface area (Å²) in [5.41, 5.74) is 6.55. The van der Waals surface area contributed by atoms with E-state index in [0.29, 0.717) is 17.5 Å². The van der Waals surface area contributed by atoms with E-state index in [-0.39, 0.29) is 5.41 Å². The molecule has 5 nitrogen and oxygen atoms in total. The predicted octanol–water partition coefficient (Wildman–Crippen LogP) is 1.80. The van der Waals surface area contributed by atoms with Crippen LogP contribution in [0.5, 0.6) is 0 Å². The second-order valence-electron chi connectivity index (χ2n) is 5.29. The molecule has 0 aliphatic heterocycles. The van der Waals surface area contributed by atoms with Crippen LogP contribution in [0.25, 0.3) is 5.65 Å². The average molecular weight is 268 g/mol. The van der Waals surface area contributed by atoms with Gasteiger partial charge in [0.1, 0.15) is 0 Å². The van der Waals surface area contributed by atoms with E-state index in [0.717, 1.165) is 12.2 Å². The van der Waals surface area contributed by atoms with Crippen molar-refractivity contribution >= 4 is 23.2 Å². The summed E-state index contributed by atoms with van der Waals surface area (Å²) in [7, 11) is 1.97. The molecule has 0 bridgehead atoms. The zero-order valence-electron chi connectivity index (χ0n) is 10.9. The fourth-order valence-corrected chi connectivity index (χ4v) is 1.94. The van der Waals surface area contributed by atoms with Crippen LogP contribution in [0.4, 0.5) is 5.95 Å². The molecule has 6 heteroatoms. The second-order valence-corrected chi connectivity index (χ2v) is 5.72. The summed E-state index contributed by atoms with van der Waals surface area (Å²) >= 11 is 5.92. The van der Waals surface area contributed by atoms with E-state index in [2.05, 4.69) is 23.9 Å². The molecule has 18 heavy (non-hydrogen) atoms. The van der Waals surface area contributed by atoms with E-state index in [4.69, 9.17) is 17.3 Å². The average Bonchev–Trinajstić information content (AvgIpc) is 2.71. The molecular weight excluding hydrogens is 250 g/mol. The summed E-state index contributed by atoms with van der Waals surface area (Å²) in [4.78, 5) is 6.46. The van der Waals surface area contributed by atoms with Gasteiger partial charge in [-0.2, -0.15) is 4.98 Å². The Morgan fingerprint density at radius 3 is 2.83 bits per heavy atom. The Hall–Kier alpha value is -1.33. The zero-order chi connectivity index (χ0) is 13.3. The van der Waals surface area contributed by atoms with Gasteiger partial charge in [-0.25, -0.2) is 4.52 Å². The smallest absolute Gasteiger partial charge is 0.245 e. The van der Waals surface area contributed by atoms with Gasteiger partial charge >= 0.3 is 0 Å². The highest BCUT2D eigenvalue weighted by Crippen LogP contribution is 2.18. The van der Waals surface area contributed by atoms with Gasteiger partial charge < -0.3 is 10.6 Å². The van der Waals surface area contributed by atoms with Crippen molar-refractivity contribution in [1.29, 1.82) is 0 Å². The van der Waals surface area contributed by atoms with Crippen LogP contribution in [0.3, 0.4) is 0 Å². The number of nitrogens with two attached hydrogens (primary N) is 1. The SMILES string of the molecule is CN(CC(C)(C)CN)c1nc2ccc(Cl)cn2n1. The van der Waals surface area contributed by atoms with E-state index in [1.807, 2.05) is 18.0 Å². The predicted molar refractivity (Wildman–Crippen MR) is 74.1 cm³/mol. The van der Waals surface area contributed by atoms with E-state index in [9.17, 15) is 0 Å². The molecule has 98 valence electrons. The highest BCUT2D eigenvalue weighted by Gasteiger charge is 2.20. The molecule has 0 amide bonds. The number of halogens is 1. The van der Waals surface area contributed by atoms with Crippen molar-refractivity contribution < 1.29 is 0 Å². The number of anilines is 1. The molecule has 0 radical (unpaired) electrons. The van der Waals surface area contributed by atoms with Crippen molar-refractivity contribution in [3.63, 3.8) is 0 Å². The van der Waals surface area contributed by atoms with Gasteiger partial charge in [-0.15, -0.1) is 5.10 Å². The monoisotopic (exact) mass is 267 g/mol. The minimum atomic E-state index is 0.0316. The molecule has 0 unspecified atom stereocenters. The van der Waals surface area contributed by atoms with Gasteiger partial charge in [-0.1, -0.05) is 25.4 Å². The Kier molecular flexibility index (Phi) is 3.45. The van der Waals surface area contributed by atoms with Crippen molar-refractivity contribution in [2.45, 2.75) is 13.8 Å². The van der Waals surface area contributed by atoms with Crippen molar-refractivity contribution in [3.05, 3.63) is 23.4 Å². The van der Waals surface area contributed by atoms with Crippen LogP contribution in [0.1, 0.15) is 13.8 Å². The first kappa shape index (κ1) is 13.1. The molecule has 0 spiro atoms. The van der Waals surface area contributed by atoms with Gasteiger partial charge in [-0.05, 0) is 24.1 Å². The second kappa shape index (κ2) is 4.74. The van der Waals surface area contributed by atoms with Crippen molar-refractivity contribution in [2.75, 3.05) is 25.0 Å². The normalized spacial score (nSPS) is 12.1. The lowest BCUT2D eigenvalue weighted by molar-refractivity contribution is 0.383. The number of fused-ring (bicyclic) bond motifs is 1. The Morgan fingerprint density at radius 2 is 2.17 bits per heavy atom. The Labute approximate surface area is 112 Å². The standard InChI is InChI=1S/C12H18ClN5/c1-12(2,7-14)8-17(3)11-15-10-5-4-9(13)6-18(10)16-11/h4-6H,7-8,14H2,1-3H3. The van der Waals surface area contributed by atoms with Crippen LogP contribution in [0.15, 0.2) is 18.3 Å². The first-order chi connectivity index (χ1) is 8.41. The molecule has 2 aromatic rings. The third kappa shape index (κ3) is 2.73. The van der Waals surface area contributed by atoms with Crippen LogP contribution in [-0.4, -0.2) is 34.7 Å². The molecule has 2 heterocycles. The maximum atomic E-state index is 5.92. The number of hydrogen-bond donors (Lipinski definition) is 1. The highest BCUT2D eigenvalue weighted by atomic mass is 35.5. The molecule has 0 aromatic carbocycles. The summed E-state index contributed by atoms with van der Waals surface area (Å²) in [6.07, 6.45) is 1.75. The van der Waals surface area contributed by atoms with Crippen LogP contribution in [0, 0.1) is 5.41 Å². The minimum Gasteiger partial charge on any atom is -0.342 e. The Balaban J connectivity index is 2.25. The quantitative estimate of drug-likeness (QED) is 0.918. The molecule has 2 aromatic heterocycles. The number of nitrogens with zero attached hydrogens (tertiary/aromatic N) is 4. The number of hydrogen-bond acceptors (Lipinski definition) is 4. The van der Waals surface area contributed by atoms with Crippen molar-refractivity contribution in [3.8, 4) is 0 Å². The molecule has 0 saturated heterocycles. The summed E-state index contributed by atoms with van der Waals surface area (Å²) < 4.78 is 1.68. The van der Waals surface area contributed by atoms with Crippen LogP contribution in [0.2, 0.25) is 5.02 Å². The number of pyridine rings is 1. The van der Waals surface area contributed by atoms with E-state index < -0.39 is 0 Å². The first-order valence-corrected chi connectivity index (χ1v) is 6.22. The molecular formula is C12H18ClN5. The maximum absolute atomic E-state index is 5.92. The lowest BCUT2D eigenvalue weighted by atomic mass is 9.93.